The van der Waals surface area contributed by atoms with Gasteiger partial charge in [-0.3, -0.25) is 4.79 Å². The van der Waals surface area contributed by atoms with Crippen molar-refractivity contribution in [2.75, 3.05) is 25.0 Å². The van der Waals surface area contributed by atoms with Crippen LogP contribution in [-0.4, -0.2) is 30.4 Å². The number of hydrogen-bond acceptors (Lipinski definition) is 3. The standard InChI is InChI=1S/C17H25N3O/c1-3-5-12-20(4-2)13-8-11-17(21)19-16-10-7-6-9-15(16)14-18/h6-7,9-10H,3-5,8,11-13H2,1-2H3,(H,19,21). The van der Waals surface area contributed by atoms with Crippen molar-refractivity contribution in [2.45, 2.75) is 39.5 Å². The molecule has 0 aromatic heterocycles. The fourth-order valence-corrected chi connectivity index (χ4v) is 2.18. The summed E-state index contributed by atoms with van der Waals surface area (Å²) >= 11 is 0. The zero-order valence-electron chi connectivity index (χ0n) is 13.1. The highest BCUT2D eigenvalue weighted by atomic mass is 16.1. The van der Waals surface area contributed by atoms with Crippen molar-refractivity contribution in [1.29, 1.82) is 5.26 Å². The van der Waals surface area contributed by atoms with Gasteiger partial charge < -0.3 is 10.2 Å². The van der Waals surface area contributed by atoms with Crippen LogP contribution in [0.3, 0.4) is 0 Å². The normalized spacial score (nSPS) is 10.4. The molecule has 0 unspecified atom stereocenters. The average Bonchev–Trinajstić information content (AvgIpc) is 2.51. The summed E-state index contributed by atoms with van der Waals surface area (Å²) in [7, 11) is 0. The molecule has 0 aliphatic carbocycles. The number of carbonyl (C=O) groups excluding carboxylic acids is 1. The monoisotopic (exact) mass is 287 g/mol. The van der Waals surface area contributed by atoms with Crippen LogP contribution < -0.4 is 5.32 Å². The second kappa shape index (κ2) is 9.95. The van der Waals surface area contributed by atoms with E-state index in [2.05, 4.69) is 30.1 Å². The zero-order valence-corrected chi connectivity index (χ0v) is 13.1. The lowest BCUT2D eigenvalue weighted by Gasteiger charge is -2.19. The van der Waals surface area contributed by atoms with Gasteiger partial charge in [0, 0.05) is 6.42 Å². The van der Waals surface area contributed by atoms with Gasteiger partial charge in [-0.25, -0.2) is 0 Å². The molecular formula is C17H25N3O. The molecule has 0 fully saturated rings. The number of para-hydroxylation sites is 1. The molecule has 0 heterocycles. The van der Waals surface area contributed by atoms with E-state index in [9.17, 15) is 4.79 Å². The maximum absolute atomic E-state index is 11.9. The summed E-state index contributed by atoms with van der Waals surface area (Å²) in [6, 6.07) is 9.16. The zero-order chi connectivity index (χ0) is 15.5. The van der Waals surface area contributed by atoms with Crippen LogP contribution >= 0.6 is 0 Å². The lowest BCUT2D eigenvalue weighted by Crippen LogP contribution is -2.26. The molecular weight excluding hydrogens is 262 g/mol. The number of nitrogens with one attached hydrogen (secondary N) is 1. The molecule has 0 aliphatic rings. The van der Waals surface area contributed by atoms with Gasteiger partial charge in [-0.2, -0.15) is 5.26 Å². The fraction of sp³-hybridized carbons (Fsp3) is 0.529. The van der Waals surface area contributed by atoms with E-state index in [1.165, 1.54) is 12.8 Å². The number of hydrogen-bond donors (Lipinski definition) is 1. The molecule has 0 radical (unpaired) electrons. The van der Waals surface area contributed by atoms with Crippen molar-refractivity contribution in [3.63, 3.8) is 0 Å². The molecule has 4 nitrogen and oxygen atoms in total. The highest BCUT2D eigenvalue weighted by Gasteiger charge is 2.07. The van der Waals surface area contributed by atoms with Gasteiger partial charge in [-0.15, -0.1) is 0 Å². The van der Waals surface area contributed by atoms with E-state index in [0.717, 1.165) is 26.1 Å². The summed E-state index contributed by atoms with van der Waals surface area (Å²) in [4.78, 5) is 14.3. The summed E-state index contributed by atoms with van der Waals surface area (Å²) in [5.41, 5.74) is 1.10. The SMILES string of the molecule is CCCCN(CC)CCCC(=O)Nc1ccccc1C#N. The summed E-state index contributed by atoms with van der Waals surface area (Å²) in [6.07, 6.45) is 3.73. The summed E-state index contributed by atoms with van der Waals surface area (Å²) in [5, 5.41) is 11.8. The van der Waals surface area contributed by atoms with Gasteiger partial charge in [0.25, 0.3) is 0 Å². The van der Waals surface area contributed by atoms with Gasteiger partial charge in [0.15, 0.2) is 0 Å². The Morgan fingerprint density at radius 1 is 1.24 bits per heavy atom. The summed E-state index contributed by atoms with van der Waals surface area (Å²) in [5.74, 6) is -0.0238. The number of rotatable bonds is 9. The Morgan fingerprint density at radius 2 is 1.95 bits per heavy atom. The fourth-order valence-electron chi connectivity index (χ4n) is 2.18. The molecule has 1 rings (SSSR count). The first-order valence-electron chi connectivity index (χ1n) is 7.72. The van der Waals surface area contributed by atoms with E-state index >= 15 is 0 Å². The quantitative estimate of drug-likeness (QED) is 0.757. The van der Waals surface area contributed by atoms with Crippen molar-refractivity contribution in [1.82, 2.24) is 4.90 Å². The Balaban J connectivity index is 2.36. The second-order valence-electron chi connectivity index (χ2n) is 5.10. The van der Waals surface area contributed by atoms with Crippen LogP contribution in [0.1, 0.15) is 45.1 Å². The molecule has 1 aromatic rings. The van der Waals surface area contributed by atoms with Crippen LogP contribution in [0.15, 0.2) is 24.3 Å². The highest BCUT2D eigenvalue weighted by molar-refractivity contribution is 5.92. The van der Waals surface area contributed by atoms with Crippen molar-refractivity contribution >= 4 is 11.6 Å². The molecule has 1 aromatic carbocycles. The number of carbonyl (C=O) groups is 1. The molecule has 4 heteroatoms. The van der Waals surface area contributed by atoms with Crippen LogP contribution in [0.5, 0.6) is 0 Å². The number of benzene rings is 1. The maximum atomic E-state index is 11.9. The molecule has 0 atom stereocenters. The topological polar surface area (TPSA) is 56.1 Å². The third-order valence-electron chi connectivity index (χ3n) is 3.47. The van der Waals surface area contributed by atoms with Crippen molar-refractivity contribution in [2.24, 2.45) is 0 Å². The lowest BCUT2D eigenvalue weighted by atomic mass is 10.2. The minimum Gasteiger partial charge on any atom is -0.325 e. The third-order valence-corrected chi connectivity index (χ3v) is 3.47. The molecule has 0 aliphatic heterocycles. The van der Waals surface area contributed by atoms with Crippen LogP contribution in [-0.2, 0) is 4.79 Å². The first-order chi connectivity index (χ1) is 10.2. The minimum atomic E-state index is -0.0238. The van der Waals surface area contributed by atoms with Crippen LogP contribution in [0.4, 0.5) is 5.69 Å². The van der Waals surface area contributed by atoms with E-state index in [-0.39, 0.29) is 5.91 Å². The maximum Gasteiger partial charge on any atom is 0.224 e. The number of anilines is 1. The first-order valence-corrected chi connectivity index (χ1v) is 7.72. The van der Waals surface area contributed by atoms with Gasteiger partial charge in [0.2, 0.25) is 5.91 Å². The second-order valence-corrected chi connectivity index (χ2v) is 5.10. The highest BCUT2D eigenvalue weighted by Crippen LogP contribution is 2.14. The third kappa shape index (κ3) is 6.42. The molecule has 0 bridgehead atoms. The molecule has 114 valence electrons. The number of nitriles is 1. The Hall–Kier alpha value is -1.86. The molecule has 0 spiro atoms. The predicted octanol–water partition coefficient (Wildman–Crippen LogP) is 3.40. The molecule has 1 N–H and O–H groups in total. The average molecular weight is 287 g/mol. The Labute approximate surface area is 127 Å². The van der Waals surface area contributed by atoms with E-state index in [4.69, 9.17) is 5.26 Å². The van der Waals surface area contributed by atoms with Crippen LogP contribution in [0.25, 0.3) is 0 Å². The summed E-state index contributed by atoms with van der Waals surface area (Å²) in [6.45, 7) is 7.42. The number of nitrogens with zero attached hydrogens (tertiary/aromatic N) is 2. The number of unbranched alkanes of at least 4 members (excludes halogenated alkanes) is 1. The van der Waals surface area contributed by atoms with Crippen molar-refractivity contribution < 1.29 is 4.79 Å². The van der Waals surface area contributed by atoms with Gasteiger partial charge in [0.05, 0.1) is 11.3 Å². The predicted molar refractivity (Wildman–Crippen MR) is 86.0 cm³/mol. The lowest BCUT2D eigenvalue weighted by molar-refractivity contribution is -0.116. The molecule has 0 saturated carbocycles. The van der Waals surface area contributed by atoms with Crippen molar-refractivity contribution in [3.05, 3.63) is 29.8 Å². The first kappa shape index (κ1) is 17.2. The van der Waals surface area contributed by atoms with Crippen LogP contribution in [0.2, 0.25) is 0 Å². The Morgan fingerprint density at radius 3 is 2.62 bits per heavy atom. The molecule has 21 heavy (non-hydrogen) atoms. The van der Waals surface area contributed by atoms with E-state index in [1.54, 1.807) is 18.2 Å². The van der Waals surface area contributed by atoms with Gasteiger partial charge in [0.1, 0.15) is 6.07 Å². The summed E-state index contributed by atoms with van der Waals surface area (Å²) < 4.78 is 0. The molecule has 1 amide bonds. The van der Waals surface area contributed by atoms with Gasteiger partial charge in [-0.1, -0.05) is 32.4 Å². The van der Waals surface area contributed by atoms with Gasteiger partial charge >= 0.3 is 0 Å². The van der Waals surface area contributed by atoms with Crippen LogP contribution in [0, 0.1) is 11.3 Å². The van der Waals surface area contributed by atoms with E-state index in [0.29, 0.717) is 17.7 Å². The van der Waals surface area contributed by atoms with E-state index in [1.807, 2.05) is 6.07 Å². The molecule has 0 saturated heterocycles. The Kier molecular flexibility index (Phi) is 8.15. The minimum absolute atomic E-state index is 0.0238. The smallest absolute Gasteiger partial charge is 0.224 e. The largest absolute Gasteiger partial charge is 0.325 e. The van der Waals surface area contributed by atoms with E-state index < -0.39 is 0 Å². The number of amides is 1. The van der Waals surface area contributed by atoms with Gasteiger partial charge in [-0.05, 0) is 44.6 Å². The van der Waals surface area contributed by atoms with Crippen molar-refractivity contribution in [3.8, 4) is 6.07 Å². The Bertz CT molecular complexity index is 479.